The maximum absolute atomic E-state index is 13.2. The molecule has 5 nitrogen and oxygen atoms in total. The third kappa shape index (κ3) is 6.58. The van der Waals surface area contributed by atoms with Crippen molar-refractivity contribution in [3.63, 3.8) is 0 Å². The Bertz CT molecular complexity index is 898. The lowest BCUT2D eigenvalue weighted by molar-refractivity contribution is -0.142. The number of carbonyl (C=O) groups is 2. The molecule has 1 fully saturated rings. The molecule has 2 aromatic carbocycles. The molecule has 31 heavy (non-hydrogen) atoms. The molecule has 0 aromatic heterocycles. The van der Waals surface area contributed by atoms with Gasteiger partial charge in [0.1, 0.15) is 11.8 Å². The van der Waals surface area contributed by atoms with Crippen LogP contribution in [0.3, 0.4) is 0 Å². The van der Waals surface area contributed by atoms with E-state index in [1.807, 2.05) is 57.2 Å². The first-order valence-corrected chi connectivity index (χ1v) is 11.2. The first-order valence-electron chi connectivity index (χ1n) is 11.2. The summed E-state index contributed by atoms with van der Waals surface area (Å²) in [5, 5.41) is 3.13. The lowest BCUT2D eigenvalue weighted by atomic mass is 10.1. The van der Waals surface area contributed by atoms with E-state index < -0.39 is 6.04 Å². The van der Waals surface area contributed by atoms with Gasteiger partial charge in [-0.25, -0.2) is 0 Å². The molecule has 0 saturated heterocycles. The van der Waals surface area contributed by atoms with Crippen molar-refractivity contribution in [3.8, 4) is 5.75 Å². The highest BCUT2D eigenvalue weighted by molar-refractivity contribution is 5.88. The number of nitrogens with one attached hydrogen (secondary N) is 1. The molecule has 0 bridgehead atoms. The van der Waals surface area contributed by atoms with E-state index in [4.69, 9.17) is 4.74 Å². The van der Waals surface area contributed by atoms with Gasteiger partial charge in [0, 0.05) is 12.6 Å². The zero-order chi connectivity index (χ0) is 22.4. The molecule has 166 valence electrons. The molecular weight excluding hydrogens is 388 g/mol. The number of amides is 2. The summed E-state index contributed by atoms with van der Waals surface area (Å²) in [5.41, 5.74) is 4.30. The fourth-order valence-electron chi connectivity index (χ4n) is 4.23. The number of hydrogen-bond donors (Lipinski definition) is 1. The van der Waals surface area contributed by atoms with E-state index in [9.17, 15) is 9.59 Å². The van der Waals surface area contributed by atoms with Gasteiger partial charge in [-0.05, 0) is 69.4 Å². The lowest BCUT2D eigenvalue weighted by Crippen LogP contribution is -2.50. The first-order chi connectivity index (χ1) is 14.8. The monoisotopic (exact) mass is 422 g/mol. The predicted molar refractivity (Wildman–Crippen MR) is 123 cm³/mol. The minimum Gasteiger partial charge on any atom is -0.484 e. The Morgan fingerprint density at radius 1 is 1.03 bits per heavy atom. The highest BCUT2D eigenvalue weighted by Crippen LogP contribution is 2.19. The van der Waals surface area contributed by atoms with E-state index in [0.717, 1.165) is 47.9 Å². The van der Waals surface area contributed by atoms with Crippen molar-refractivity contribution in [2.75, 3.05) is 6.61 Å². The second-order valence-electron chi connectivity index (χ2n) is 8.79. The van der Waals surface area contributed by atoms with Crippen LogP contribution in [-0.2, 0) is 16.1 Å². The Hall–Kier alpha value is -2.82. The Morgan fingerprint density at radius 2 is 1.71 bits per heavy atom. The number of aryl methyl sites for hydroxylation is 3. The largest absolute Gasteiger partial charge is 0.484 e. The quantitative estimate of drug-likeness (QED) is 0.683. The Balaban J connectivity index is 1.73. The van der Waals surface area contributed by atoms with Gasteiger partial charge in [-0.2, -0.15) is 0 Å². The summed E-state index contributed by atoms with van der Waals surface area (Å²) in [6.45, 7) is 8.10. The molecule has 3 rings (SSSR count). The number of carbonyl (C=O) groups excluding carboxylic acids is 2. The summed E-state index contributed by atoms with van der Waals surface area (Å²) < 4.78 is 5.81. The van der Waals surface area contributed by atoms with Gasteiger partial charge in [0.25, 0.3) is 5.91 Å². The van der Waals surface area contributed by atoms with Crippen molar-refractivity contribution in [1.29, 1.82) is 0 Å². The van der Waals surface area contributed by atoms with Crippen molar-refractivity contribution in [2.24, 2.45) is 0 Å². The summed E-state index contributed by atoms with van der Waals surface area (Å²) in [4.78, 5) is 27.7. The van der Waals surface area contributed by atoms with Crippen LogP contribution in [0.4, 0.5) is 0 Å². The second-order valence-corrected chi connectivity index (χ2v) is 8.79. The van der Waals surface area contributed by atoms with Crippen LogP contribution in [0.2, 0.25) is 0 Å². The number of nitrogens with zero attached hydrogens (tertiary/aromatic N) is 1. The van der Waals surface area contributed by atoms with Crippen LogP contribution in [0.15, 0.2) is 42.5 Å². The number of benzene rings is 2. The molecule has 5 heteroatoms. The van der Waals surface area contributed by atoms with Gasteiger partial charge >= 0.3 is 0 Å². The molecule has 1 aliphatic rings. The van der Waals surface area contributed by atoms with Gasteiger partial charge in [-0.15, -0.1) is 0 Å². The van der Waals surface area contributed by atoms with E-state index in [2.05, 4.69) is 11.4 Å². The molecule has 1 aliphatic carbocycles. The van der Waals surface area contributed by atoms with Crippen molar-refractivity contribution in [1.82, 2.24) is 10.2 Å². The summed E-state index contributed by atoms with van der Waals surface area (Å²) >= 11 is 0. The molecule has 2 amide bonds. The minimum absolute atomic E-state index is 0.0979. The maximum Gasteiger partial charge on any atom is 0.261 e. The van der Waals surface area contributed by atoms with Gasteiger partial charge in [0.15, 0.2) is 6.61 Å². The molecule has 0 unspecified atom stereocenters. The van der Waals surface area contributed by atoms with Gasteiger partial charge in [-0.1, -0.05) is 48.7 Å². The topological polar surface area (TPSA) is 58.6 Å². The van der Waals surface area contributed by atoms with E-state index in [-0.39, 0.29) is 24.5 Å². The molecule has 1 N–H and O–H groups in total. The molecule has 1 saturated carbocycles. The number of hydrogen-bond acceptors (Lipinski definition) is 3. The molecule has 1 atom stereocenters. The second kappa shape index (κ2) is 10.5. The zero-order valence-electron chi connectivity index (χ0n) is 19.1. The van der Waals surface area contributed by atoms with E-state index in [0.29, 0.717) is 12.3 Å². The van der Waals surface area contributed by atoms with Crippen LogP contribution in [-0.4, -0.2) is 35.4 Å². The molecular formula is C26H34N2O3. The van der Waals surface area contributed by atoms with Crippen LogP contribution >= 0.6 is 0 Å². The van der Waals surface area contributed by atoms with E-state index >= 15 is 0 Å². The fourth-order valence-corrected chi connectivity index (χ4v) is 4.23. The Labute approximate surface area is 185 Å². The molecule has 2 aromatic rings. The molecule has 0 heterocycles. The van der Waals surface area contributed by atoms with Crippen molar-refractivity contribution >= 4 is 11.8 Å². The SMILES string of the molecule is Cc1cccc(CN(C(=O)COc2cc(C)cc(C)c2)[C@H](C)C(=O)NC2CCCC2)c1. The van der Waals surface area contributed by atoms with E-state index in [1.54, 1.807) is 11.8 Å². The van der Waals surface area contributed by atoms with Crippen LogP contribution < -0.4 is 10.1 Å². The normalized spacial score (nSPS) is 14.8. The van der Waals surface area contributed by atoms with Crippen LogP contribution in [0, 0.1) is 20.8 Å². The Morgan fingerprint density at radius 3 is 2.35 bits per heavy atom. The lowest BCUT2D eigenvalue weighted by Gasteiger charge is -2.29. The third-order valence-electron chi connectivity index (χ3n) is 5.86. The van der Waals surface area contributed by atoms with Crippen LogP contribution in [0.5, 0.6) is 5.75 Å². The average molecular weight is 423 g/mol. The predicted octanol–water partition coefficient (Wildman–Crippen LogP) is 4.47. The van der Waals surface area contributed by atoms with Gasteiger partial charge in [0.2, 0.25) is 5.91 Å². The van der Waals surface area contributed by atoms with Gasteiger partial charge in [-0.3, -0.25) is 9.59 Å². The molecule has 0 aliphatic heterocycles. The number of ether oxygens (including phenoxy) is 1. The average Bonchev–Trinajstić information content (AvgIpc) is 3.22. The zero-order valence-corrected chi connectivity index (χ0v) is 19.1. The van der Waals surface area contributed by atoms with Gasteiger partial charge in [0.05, 0.1) is 0 Å². The van der Waals surface area contributed by atoms with Crippen molar-refractivity contribution in [2.45, 2.75) is 72.0 Å². The van der Waals surface area contributed by atoms with Crippen LogP contribution in [0.1, 0.15) is 54.9 Å². The minimum atomic E-state index is -0.573. The summed E-state index contributed by atoms with van der Waals surface area (Å²) in [6, 6.07) is 13.6. The maximum atomic E-state index is 13.2. The summed E-state index contributed by atoms with van der Waals surface area (Å²) in [5.74, 6) is 0.374. The standard InChI is InChI=1S/C26H34N2O3/c1-18-8-7-9-22(13-18)16-28(21(4)26(30)27-23-10-5-6-11-23)25(29)17-31-24-14-19(2)12-20(3)15-24/h7-9,12-15,21,23H,5-6,10-11,16-17H2,1-4H3,(H,27,30)/t21-/m1/s1. The highest BCUT2D eigenvalue weighted by atomic mass is 16.5. The van der Waals surface area contributed by atoms with Crippen LogP contribution in [0.25, 0.3) is 0 Å². The van der Waals surface area contributed by atoms with E-state index in [1.165, 1.54) is 0 Å². The van der Waals surface area contributed by atoms with Crippen molar-refractivity contribution in [3.05, 3.63) is 64.7 Å². The first kappa shape index (κ1) is 22.9. The highest BCUT2D eigenvalue weighted by Gasteiger charge is 2.28. The number of rotatable bonds is 8. The molecule has 0 spiro atoms. The van der Waals surface area contributed by atoms with Crippen molar-refractivity contribution < 1.29 is 14.3 Å². The smallest absolute Gasteiger partial charge is 0.261 e. The van der Waals surface area contributed by atoms with Gasteiger partial charge < -0.3 is 15.0 Å². The fraction of sp³-hybridized carbons (Fsp3) is 0.462. The summed E-state index contributed by atoms with van der Waals surface area (Å²) in [7, 11) is 0. The molecule has 0 radical (unpaired) electrons. The Kier molecular flexibility index (Phi) is 7.72. The summed E-state index contributed by atoms with van der Waals surface area (Å²) in [6.07, 6.45) is 4.32. The third-order valence-corrected chi connectivity index (χ3v) is 5.86.